The van der Waals surface area contributed by atoms with Crippen LogP contribution < -0.4 is 5.32 Å². The third-order valence-corrected chi connectivity index (χ3v) is 3.69. The lowest BCUT2D eigenvalue weighted by Crippen LogP contribution is -2.27. The molecule has 2 aromatic rings. The van der Waals surface area contributed by atoms with Gasteiger partial charge in [0.2, 0.25) is 5.91 Å². The predicted octanol–water partition coefficient (Wildman–Crippen LogP) is 2.11. The fourth-order valence-electron chi connectivity index (χ4n) is 1.57. The largest absolute Gasteiger partial charge is 0.395 e. The summed E-state index contributed by atoms with van der Waals surface area (Å²) in [5, 5.41) is 14.5. The summed E-state index contributed by atoms with van der Waals surface area (Å²) in [7, 11) is 0. The minimum Gasteiger partial charge on any atom is -0.395 e. The van der Waals surface area contributed by atoms with Gasteiger partial charge in [0.15, 0.2) is 0 Å². The third kappa shape index (κ3) is 3.76. The summed E-state index contributed by atoms with van der Waals surface area (Å²) >= 11 is 7.56. The van der Waals surface area contributed by atoms with Crippen molar-refractivity contribution < 1.29 is 9.90 Å². The first-order chi connectivity index (χ1) is 9.20. The SMILES string of the molecule is O=C(Cc1csc(-c2ccccc2Cl)n1)NCCO. The Morgan fingerprint density at radius 3 is 2.95 bits per heavy atom. The smallest absolute Gasteiger partial charge is 0.226 e. The van der Waals surface area contributed by atoms with E-state index in [1.165, 1.54) is 11.3 Å². The van der Waals surface area contributed by atoms with Gasteiger partial charge in [-0.25, -0.2) is 4.98 Å². The summed E-state index contributed by atoms with van der Waals surface area (Å²) in [5.41, 5.74) is 1.58. The van der Waals surface area contributed by atoms with Crippen LogP contribution in [0.3, 0.4) is 0 Å². The number of carbonyl (C=O) groups is 1. The molecule has 0 aliphatic heterocycles. The molecular weight excluding hydrogens is 284 g/mol. The number of benzene rings is 1. The van der Waals surface area contributed by atoms with Crippen LogP contribution in [0, 0.1) is 0 Å². The van der Waals surface area contributed by atoms with Crippen LogP contribution in [-0.2, 0) is 11.2 Å². The summed E-state index contributed by atoms with van der Waals surface area (Å²) in [5.74, 6) is -0.148. The summed E-state index contributed by atoms with van der Waals surface area (Å²) in [6.07, 6.45) is 0.209. The molecule has 0 bridgehead atoms. The first-order valence-electron chi connectivity index (χ1n) is 5.77. The predicted molar refractivity (Wildman–Crippen MR) is 76.4 cm³/mol. The molecule has 0 fully saturated rings. The van der Waals surface area contributed by atoms with E-state index in [1.54, 1.807) is 0 Å². The standard InChI is InChI=1S/C13H13ClN2O2S/c14-11-4-2-1-3-10(11)13-16-9(8-19-13)7-12(18)15-5-6-17/h1-4,8,17H,5-7H2,(H,15,18). The van der Waals surface area contributed by atoms with Gasteiger partial charge in [-0.2, -0.15) is 0 Å². The fourth-order valence-corrected chi connectivity index (χ4v) is 2.71. The quantitative estimate of drug-likeness (QED) is 0.888. The topological polar surface area (TPSA) is 62.2 Å². The second kappa shape index (κ2) is 6.65. The minimum absolute atomic E-state index is 0.0618. The van der Waals surface area contributed by atoms with Crippen molar-refractivity contribution in [2.75, 3.05) is 13.2 Å². The first kappa shape index (κ1) is 14.0. The van der Waals surface area contributed by atoms with Crippen molar-refractivity contribution in [2.45, 2.75) is 6.42 Å². The van der Waals surface area contributed by atoms with Crippen molar-refractivity contribution in [1.29, 1.82) is 0 Å². The van der Waals surface area contributed by atoms with Gasteiger partial charge in [0, 0.05) is 17.5 Å². The van der Waals surface area contributed by atoms with E-state index in [0.717, 1.165) is 10.6 Å². The Labute approximate surface area is 120 Å². The molecule has 6 heteroatoms. The molecule has 19 heavy (non-hydrogen) atoms. The van der Waals surface area contributed by atoms with E-state index < -0.39 is 0 Å². The number of hydrogen-bond acceptors (Lipinski definition) is 4. The van der Waals surface area contributed by atoms with Gasteiger partial charge in [0.1, 0.15) is 5.01 Å². The van der Waals surface area contributed by atoms with Crippen LogP contribution in [0.25, 0.3) is 10.6 Å². The van der Waals surface area contributed by atoms with Crippen LogP contribution >= 0.6 is 22.9 Å². The Kier molecular flexibility index (Phi) is 4.90. The average molecular weight is 297 g/mol. The number of aromatic nitrogens is 1. The number of nitrogens with zero attached hydrogens (tertiary/aromatic N) is 1. The molecule has 2 N–H and O–H groups in total. The molecule has 0 atom stereocenters. The van der Waals surface area contributed by atoms with Crippen LogP contribution in [-0.4, -0.2) is 29.1 Å². The van der Waals surface area contributed by atoms with Crippen molar-refractivity contribution in [3.8, 4) is 10.6 Å². The van der Waals surface area contributed by atoms with Crippen molar-refractivity contribution in [3.63, 3.8) is 0 Å². The fraction of sp³-hybridized carbons (Fsp3) is 0.231. The lowest BCUT2D eigenvalue weighted by Gasteiger charge is -2.01. The number of nitrogens with one attached hydrogen (secondary N) is 1. The lowest BCUT2D eigenvalue weighted by molar-refractivity contribution is -0.120. The molecule has 0 unspecified atom stereocenters. The van der Waals surface area contributed by atoms with Crippen molar-refractivity contribution in [3.05, 3.63) is 40.4 Å². The maximum atomic E-state index is 11.5. The molecule has 100 valence electrons. The second-order valence-corrected chi connectivity index (χ2v) is 5.14. The zero-order valence-corrected chi connectivity index (χ0v) is 11.7. The Morgan fingerprint density at radius 1 is 1.42 bits per heavy atom. The number of amides is 1. The summed E-state index contributed by atoms with van der Waals surface area (Å²) in [6.45, 7) is 0.202. The molecule has 0 spiro atoms. The van der Waals surface area contributed by atoms with Gasteiger partial charge in [-0.15, -0.1) is 11.3 Å². The van der Waals surface area contributed by atoms with Crippen LogP contribution in [0.5, 0.6) is 0 Å². The van der Waals surface area contributed by atoms with Gasteiger partial charge in [0.05, 0.1) is 23.7 Å². The first-order valence-corrected chi connectivity index (χ1v) is 7.03. The van der Waals surface area contributed by atoms with Gasteiger partial charge in [-0.3, -0.25) is 4.79 Å². The molecule has 4 nitrogen and oxygen atoms in total. The zero-order valence-electron chi connectivity index (χ0n) is 10.1. The van der Waals surface area contributed by atoms with Gasteiger partial charge in [0.25, 0.3) is 0 Å². The highest BCUT2D eigenvalue weighted by atomic mass is 35.5. The molecule has 0 saturated heterocycles. The van der Waals surface area contributed by atoms with E-state index in [9.17, 15) is 4.79 Å². The highest BCUT2D eigenvalue weighted by Crippen LogP contribution is 2.30. The maximum Gasteiger partial charge on any atom is 0.226 e. The van der Waals surface area contributed by atoms with E-state index in [1.807, 2.05) is 29.6 Å². The average Bonchev–Trinajstić information content (AvgIpc) is 2.85. The Morgan fingerprint density at radius 2 is 2.21 bits per heavy atom. The summed E-state index contributed by atoms with van der Waals surface area (Å²) in [6, 6.07) is 7.47. The molecular formula is C13H13ClN2O2S. The molecule has 0 aliphatic carbocycles. The highest BCUT2D eigenvalue weighted by Gasteiger charge is 2.10. The number of aliphatic hydroxyl groups is 1. The number of aliphatic hydroxyl groups excluding tert-OH is 1. The van der Waals surface area contributed by atoms with Crippen LogP contribution in [0.4, 0.5) is 0 Å². The van der Waals surface area contributed by atoms with Gasteiger partial charge in [-0.05, 0) is 6.07 Å². The van der Waals surface area contributed by atoms with E-state index >= 15 is 0 Å². The zero-order chi connectivity index (χ0) is 13.7. The molecule has 1 amide bonds. The Bertz CT molecular complexity index is 571. The normalized spacial score (nSPS) is 10.4. The molecule has 2 rings (SSSR count). The summed E-state index contributed by atoms with van der Waals surface area (Å²) in [4.78, 5) is 15.9. The van der Waals surface area contributed by atoms with Crippen LogP contribution in [0.2, 0.25) is 5.02 Å². The summed E-state index contributed by atoms with van der Waals surface area (Å²) < 4.78 is 0. The van der Waals surface area contributed by atoms with E-state index in [0.29, 0.717) is 10.7 Å². The van der Waals surface area contributed by atoms with Crippen LogP contribution in [0.15, 0.2) is 29.6 Å². The van der Waals surface area contributed by atoms with Crippen molar-refractivity contribution >= 4 is 28.8 Å². The van der Waals surface area contributed by atoms with Crippen LogP contribution in [0.1, 0.15) is 5.69 Å². The molecule has 0 radical (unpaired) electrons. The Balaban J connectivity index is 2.07. The van der Waals surface area contributed by atoms with Gasteiger partial charge >= 0.3 is 0 Å². The van der Waals surface area contributed by atoms with Crippen molar-refractivity contribution in [1.82, 2.24) is 10.3 Å². The Hall–Kier alpha value is -1.43. The van der Waals surface area contributed by atoms with Gasteiger partial charge < -0.3 is 10.4 Å². The number of carbonyl (C=O) groups excluding carboxylic acids is 1. The highest BCUT2D eigenvalue weighted by molar-refractivity contribution is 7.13. The van der Waals surface area contributed by atoms with E-state index in [4.69, 9.17) is 16.7 Å². The molecule has 0 aliphatic rings. The van der Waals surface area contributed by atoms with E-state index in [2.05, 4.69) is 10.3 Å². The number of halogens is 1. The number of thiazole rings is 1. The maximum absolute atomic E-state index is 11.5. The number of hydrogen-bond donors (Lipinski definition) is 2. The molecule has 1 aromatic heterocycles. The second-order valence-electron chi connectivity index (χ2n) is 3.87. The minimum atomic E-state index is -0.148. The van der Waals surface area contributed by atoms with E-state index in [-0.39, 0.29) is 25.5 Å². The lowest BCUT2D eigenvalue weighted by atomic mass is 10.2. The van der Waals surface area contributed by atoms with Gasteiger partial charge in [-0.1, -0.05) is 29.8 Å². The molecule has 0 saturated carbocycles. The molecule has 1 aromatic carbocycles. The monoisotopic (exact) mass is 296 g/mol. The van der Waals surface area contributed by atoms with Crippen molar-refractivity contribution in [2.24, 2.45) is 0 Å². The third-order valence-electron chi connectivity index (χ3n) is 2.43. The number of rotatable bonds is 5. The molecule has 1 heterocycles.